The summed E-state index contributed by atoms with van der Waals surface area (Å²) in [6.07, 6.45) is 4.92. The largest absolute Gasteiger partial charge is 0.263 e. The summed E-state index contributed by atoms with van der Waals surface area (Å²) in [6.45, 7) is 4.48. The number of nitrogens with zero attached hydrogens (tertiary/aromatic N) is 2. The highest BCUT2D eigenvalue weighted by Crippen LogP contribution is 2.35. The highest BCUT2D eigenvalue weighted by Gasteiger charge is 2.11. The van der Waals surface area contributed by atoms with Gasteiger partial charge in [0.2, 0.25) is 0 Å². The average Bonchev–Trinajstić information content (AvgIpc) is 2.66. The molecule has 4 aromatic rings. The molecule has 0 atom stereocenters. The Bertz CT molecular complexity index is 1150. The van der Waals surface area contributed by atoms with Gasteiger partial charge >= 0.3 is 0 Å². The fourth-order valence-electron chi connectivity index (χ4n) is 3.66. The maximum Gasteiger partial charge on any atom is 0.0998 e. The van der Waals surface area contributed by atoms with E-state index in [-0.39, 0.29) is 0 Å². The zero-order valence-electron chi connectivity index (χ0n) is 15.0. The zero-order chi connectivity index (χ0) is 18.1. The van der Waals surface area contributed by atoms with Gasteiger partial charge in [-0.3, -0.25) is 4.98 Å². The second-order valence-corrected chi connectivity index (χ2v) is 7.16. The van der Waals surface area contributed by atoms with Crippen LogP contribution in [0.5, 0.6) is 0 Å². The van der Waals surface area contributed by atoms with Crippen LogP contribution in [0.1, 0.15) is 25.0 Å². The number of nitriles is 1. The van der Waals surface area contributed by atoms with Gasteiger partial charge in [-0.15, -0.1) is 0 Å². The standard InChI is InChI=1S/C24H20N2/c1-16(2)11-17-7-8-19-14-26-15-24(23(19)12-17)22-10-9-18(13-25)20-5-3-4-6-21(20)22/h3-10,12,14-16H,11H2,1-2H3. The molecule has 1 heterocycles. The van der Waals surface area contributed by atoms with E-state index in [1.165, 1.54) is 10.9 Å². The molecular formula is C24H20N2. The first-order chi connectivity index (χ1) is 12.7. The molecule has 0 aliphatic rings. The average molecular weight is 336 g/mol. The van der Waals surface area contributed by atoms with Crippen molar-refractivity contribution in [3.8, 4) is 17.2 Å². The molecule has 0 aliphatic heterocycles. The second kappa shape index (κ2) is 6.61. The van der Waals surface area contributed by atoms with Crippen molar-refractivity contribution >= 4 is 21.5 Å². The van der Waals surface area contributed by atoms with Gasteiger partial charge in [0.15, 0.2) is 0 Å². The van der Waals surface area contributed by atoms with E-state index in [1.54, 1.807) is 0 Å². The summed E-state index contributed by atoms with van der Waals surface area (Å²) >= 11 is 0. The van der Waals surface area contributed by atoms with Crippen LogP contribution >= 0.6 is 0 Å². The van der Waals surface area contributed by atoms with Crippen molar-refractivity contribution in [2.75, 3.05) is 0 Å². The van der Waals surface area contributed by atoms with E-state index < -0.39 is 0 Å². The van der Waals surface area contributed by atoms with E-state index in [1.807, 2.05) is 42.7 Å². The van der Waals surface area contributed by atoms with E-state index in [2.05, 4.69) is 49.2 Å². The van der Waals surface area contributed by atoms with Crippen LogP contribution in [0, 0.1) is 17.2 Å². The number of hydrogen-bond acceptors (Lipinski definition) is 2. The van der Waals surface area contributed by atoms with Crippen LogP contribution < -0.4 is 0 Å². The smallest absolute Gasteiger partial charge is 0.0998 e. The third kappa shape index (κ3) is 2.82. The van der Waals surface area contributed by atoms with Crippen molar-refractivity contribution < 1.29 is 0 Å². The first-order valence-corrected chi connectivity index (χ1v) is 8.96. The summed E-state index contributed by atoms with van der Waals surface area (Å²) in [6, 6.07) is 21.0. The molecular weight excluding hydrogens is 316 g/mol. The lowest BCUT2D eigenvalue weighted by atomic mass is 9.92. The molecule has 1 aromatic heterocycles. The van der Waals surface area contributed by atoms with Gasteiger partial charge in [0.25, 0.3) is 0 Å². The van der Waals surface area contributed by atoms with Gasteiger partial charge in [-0.25, -0.2) is 0 Å². The molecule has 4 rings (SSSR count). The molecule has 0 aliphatic carbocycles. The van der Waals surface area contributed by atoms with E-state index in [0.717, 1.165) is 33.7 Å². The van der Waals surface area contributed by atoms with Crippen molar-refractivity contribution in [2.45, 2.75) is 20.3 Å². The first kappa shape index (κ1) is 16.3. The SMILES string of the molecule is CC(C)Cc1ccc2cncc(-c3ccc(C#N)c4ccccc34)c2c1. The lowest BCUT2D eigenvalue weighted by Gasteiger charge is -2.12. The van der Waals surface area contributed by atoms with Crippen LogP contribution in [-0.2, 0) is 6.42 Å². The summed E-state index contributed by atoms with van der Waals surface area (Å²) in [5.74, 6) is 0.619. The Balaban J connectivity index is 2.00. The third-order valence-corrected chi connectivity index (χ3v) is 4.80. The van der Waals surface area contributed by atoms with Crippen molar-refractivity contribution in [3.05, 3.63) is 78.1 Å². The molecule has 0 N–H and O–H groups in total. The summed E-state index contributed by atoms with van der Waals surface area (Å²) in [7, 11) is 0. The Morgan fingerprint density at radius 1 is 0.885 bits per heavy atom. The number of hydrogen-bond donors (Lipinski definition) is 0. The van der Waals surface area contributed by atoms with Crippen LogP contribution in [0.15, 0.2) is 67.0 Å². The van der Waals surface area contributed by atoms with Gasteiger partial charge in [0, 0.05) is 28.7 Å². The number of aromatic nitrogens is 1. The molecule has 0 unspecified atom stereocenters. The normalized spacial score (nSPS) is 11.2. The summed E-state index contributed by atoms with van der Waals surface area (Å²) in [5.41, 5.74) is 4.30. The Labute approximate surface area is 153 Å². The van der Waals surface area contributed by atoms with E-state index in [0.29, 0.717) is 11.5 Å². The van der Waals surface area contributed by atoms with E-state index >= 15 is 0 Å². The molecule has 3 aromatic carbocycles. The van der Waals surface area contributed by atoms with Crippen molar-refractivity contribution in [3.63, 3.8) is 0 Å². The molecule has 2 nitrogen and oxygen atoms in total. The number of fused-ring (bicyclic) bond motifs is 2. The maximum absolute atomic E-state index is 9.43. The third-order valence-electron chi connectivity index (χ3n) is 4.80. The van der Waals surface area contributed by atoms with Gasteiger partial charge in [-0.2, -0.15) is 5.26 Å². The highest BCUT2D eigenvalue weighted by atomic mass is 14.6. The second-order valence-electron chi connectivity index (χ2n) is 7.16. The first-order valence-electron chi connectivity index (χ1n) is 8.96. The minimum absolute atomic E-state index is 0.619. The van der Waals surface area contributed by atoms with Crippen molar-refractivity contribution in [1.29, 1.82) is 5.26 Å². The Hall–Kier alpha value is -3.18. The number of benzene rings is 3. The highest BCUT2D eigenvalue weighted by molar-refractivity contribution is 6.06. The number of rotatable bonds is 3. The summed E-state index contributed by atoms with van der Waals surface area (Å²) in [5, 5.41) is 13.9. The lowest BCUT2D eigenvalue weighted by Crippen LogP contribution is -1.94. The fourth-order valence-corrected chi connectivity index (χ4v) is 3.66. The Kier molecular flexibility index (Phi) is 4.14. The molecule has 0 bridgehead atoms. The van der Waals surface area contributed by atoms with Crippen molar-refractivity contribution in [1.82, 2.24) is 4.98 Å². The van der Waals surface area contributed by atoms with Gasteiger partial charge in [0.1, 0.15) is 0 Å². The number of pyridine rings is 1. The van der Waals surface area contributed by atoms with E-state index in [4.69, 9.17) is 0 Å². The molecule has 0 saturated carbocycles. The minimum atomic E-state index is 0.619. The topological polar surface area (TPSA) is 36.7 Å². The maximum atomic E-state index is 9.43. The van der Waals surface area contributed by atoms with E-state index in [9.17, 15) is 5.26 Å². The lowest BCUT2D eigenvalue weighted by molar-refractivity contribution is 0.648. The molecule has 0 spiro atoms. The van der Waals surface area contributed by atoms with Crippen LogP contribution in [-0.4, -0.2) is 4.98 Å². The van der Waals surface area contributed by atoms with Gasteiger partial charge in [-0.1, -0.05) is 62.4 Å². The fraction of sp³-hybridized carbons (Fsp3) is 0.167. The molecule has 0 amide bonds. The monoisotopic (exact) mass is 336 g/mol. The molecule has 2 heteroatoms. The quantitative estimate of drug-likeness (QED) is 0.451. The van der Waals surface area contributed by atoms with Crippen LogP contribution in [0.25, 0.3) is 32.7 Å². The molecule has 26 heavy (non-hydrogen) atoms. The van der Waals surface area contributed by atoms with Gasteiger partial charge in [-0.05, 0) is 40.3 Å². The molecule has 0 fully saturated rings. The van der Waals surface area contributed by atoms with Crippen LogP contribution in [0.3, 0.4) is 0 Å². The molecule has 126 valence electrons. The summed E-state index contributed by atoms with van der Waals surface area (Å²) in [4.78, 5) is 4.46. The van der Waals surface area contributed by atoms with Crippen LogP contribution in [0.4, 0.5) is 0 Å². The minimum Gasteiger partial charge on any atom is -0.263 e. The van der Waals surface area contributed by atoms with Gasteiger partial charge < -0.3 is 0 Å². The van der Waals surface area contributed by atoms with Crippen LogP contribution in [0.2, 0.25) is 0 Å². The van der Waals surface area contributed by atoms with Gasteiger partial charge in [0.05, 0.1) is 11.6 Å². The predicted molar refractivity (Wildman–Crippen MR) is 108 cm³/mol. The Morgan fingerprint density at radius 2 is 1.69 bits per heavy atom. The molecule has 0 saturated heterocycles. The zero-order valence-corrected chi connectivity index (χ0v) is 15.0. The predicted octanol–water partition coefficient (Wildman–Crippen LogP) is 6.13. The van der Waals surface area contributed by atoms with Crippen molar-refractivity contribution in [2.24, 2.45) is 5.92 Å². The summed E-state index contributed by atoms with van der Waals surface area (Å²) < 4.78 is 0. The Morgan fingerprint density at radius 3 is 2.46 bits per heavy atom. The molecule has 0 radical (unpaired) electrons.